The minimum Gasteiger partial charge on any atom is -0.265 e. The maximum absolute atomic E-state index is 12.1. The highest BCUT2D eigenvalue weighted by atomic mass is 79.9. The molecule has 0 amide bonds. The van der Waals surface area contributed by atoms with E-state index in [2.05, 4.69) is 25.6 Å². The molecule has 7 heteroatoms. The zero-order chi connectivity index (χ0) is 14.6. The normalized spacial score (nSPS) is 11.5. The lowest BCUT2D eigenvalue weighted by molar-refractivity contribution is 0.581. The summed E-state index contributed by atoms with van der Waals surface area (Å²) in [5, 5.41) is 0.191. The summed E-state index contributed by atoms with van der Waals surface area (Å²) in [4.78, 5) is 3.99. The molecule has 0 saturated carbocycles. The topological polar surface area (TPSA) is 59.1 Å². The molecule has 1 heterocycles. The molecule has 0 spiro atoms. The lowest BCUT2D eigenvalue weighted by Gasteiger charge is -2.08. The Balaban J connectivity index is 2.04. The second-order valence-corrected chi connectivity index (χ2v) is 7.14. The molecule has 4 nitrogen and oxygen atoms in total. The number of rotatable bonds is 5. The first-order valence-corrected chi connectivity index (χ1v) is 8.48. The van der Waals surface area contributed by atoms with Crippen LogP contribution in [0.1, 0.15) is 5.56 Å². The van der Waals surface area contributed by atoms with Crippen molar-refractivity contribution < 1.29 is 8.42 Å². The van der Waals surface area contributed by atoms with E-state index in [9.17, 15) is 8.42 Å². The van der Waals surface area contributed by atoms with Crippen LogP contribution in [0.3, 0.4) is 0 Å². The first kappa shape index (κ1) is 15.4. The smallest absolute Gasteiger partial charge is 0.242 e. The van der Waals surface area contributed by atoms with Crippen LogP contribution in [0.25, 0.3) is 0 Å². The molecule has 0 aliphatic heterocycles. The number of aromatic nitrogens is 1. The molecule has 1 aromatic heterocycles. The summed E-state index contributed by atoms with van der Waals surface area (Å²) in [5.41, 5.74) is 1.02. The van der Waals surface area contributed by atoms with Crippen molar-refractivity contribution in [2.75, 3.05) is 6.54 Å². The van der Waals surface area contributed by atoms with Gasteiger partial charge in [0.1, 0.15) is 4.90 Å². The lowest BCUT2D eigenvalue weighted by Crippen LogP contribution is -2.26. The van der Waals surface area contributed by atoms with Crippen LogP contribution in [0.2, 0.25) is 5.02 Å². The molecular weight excluding hydrogens is 364 g/mol. The Morgan fingerprint density at radius 1 is 1.20 bits per heavy atom. The molecule has 1 aromatic carbocycles. The third kappa shape index (κ3) is 4.02. The number of benzene rings is 1. The number of hydrogen-bond acceptors (Lipinski definition) is 3. The molecule has 0 aliphatic rings. The van der Waals surface area contributed by atoms with Gasteiger partial charge in [0.25, 0.3) is 0 Å². The standard InChI is InChI=1S/C13H12BrClN2O2S/c14-11-1-2-13(12(15)9-11)20(18,19)17-8-5-10-3-6-16-7-4-10/h1-4,6-7,9,17H,5,8H2. The number of hydrogen-bond donors (Lipinski definition) is 1. The number of nitrogens with zero attached hydrogens (tertiary/aromatic N) is 1. The van der Waals surface area contributed by atoms with E-state index in [0.29, 0.717) is 13.0 Å². The van der Waals surface area contributed by atoms with Gasteiger partial charge >= 0.3 is 0 Å². The third-order valence-electron chi connectivity index (χ3n) is 2.64. The third-order valence-corrected chi connectivity index (χ3v) is 5.08. The monoisotopic (exact) mass is 374 g/mol. The Bertz CT molecular complexity index is 693. The van der Waals surface area contributed by atoms with Gasteiger partial charge in [-0.25, -0.2) is 13.1 Å². The maximum Gasteiger partial charge on any atom is 0.242 e. The van der Waals surface area contributed by atoms with E-state index >= 15 is 0 Å². The largest absolute Gasteiger partial charge is 0.265 e. The molecule has 0 unspecified atom stereocenters. The van der Waals surface area contributed by atoms with E-state index in [1.807, 2.05) is 12.1 Å². The Labute approximate surface area is 131 Å². The van der Waals surface area contributed by atoms with Crippen molar-refractivity contribution >= 4 is 37.6 Å². The fourth-order valence-corrected chi connectivity index (χ4v) is 3.72. The van der Waals surface area contributed by atoms with Gasteiger partial charge in [-0.05, 0) is 42.3 Å². The summed E-state index contributed by atoms with van der Waals surface area (Å²) in [7, 11) is -3.60. The summed E-state index contributed by atoms with van der Waals surface area (Å²) in [6, 6.07) is 8.37. The molecular formula is C13H12BrClN2O2S. The van der Waals surface area contributed by atoms with Gasteiger partial charge in [0.05, 0.1) is 5.02 Å². The van der Waals surface area contributed by atoms with Crippen molar-refractivity contribution in [3.8, 4) is 0 Å². The average molecular weight is 376 g/mol. The Morgan fingerprint density at radius 2 is 1.90 bits per heavy atom. The van der Waals surface area contributed by atoms with E-state index in [1.165, 1.54) is 6.07 Å². The highest BCUT2D eigenvalue weighted by molar-refractivity contribution is 9.10. The van der Waals surface area contributed by atoms with Crippen LogP contribution >= 0.6 is 27.5 Å². The fraction of sp³-hybridized carbons (Fsp3) is 0.154. The summed E-state index contributed by atoms with van der Waals surface area (Å²) in [6.45, 7) is 0.304. The highest BCUT2D eigenvalue weighted by Crippen LogP contribution is 2.24. The molecule has 20 heavy (non-hydrogen) atoms. The first-order valence-electron chi connectivity index (χ1n) is 5.83. The van der Waals surface area contributed by atoms with Crippen LogP contribution in [0.4, 0.5) is 0 Å². The Kier molecular flexibility index (Phi) is 5.15. The quantitative estimate of drug-likeness (QED) is 0.874. The van der Waals surface area contributed by atoms with Gasteiger partial charge in [0.2, 0.25) is 10.0 Å². The van der Waals surface area contributed by atoms with Gasteiger partial charge in [-0.15, -0.1) is 0 Å². The molecule has 0 bridgehead atoms. The summed E-state index contributed by atoms with van der Waals surface area (Å²) < 4.78 is 27.5. The summed E-state index contributed by atoms with van der Waals surface area (Å²) >= 11 is 9.19. The second-order valence-electron chi connectivity index (χ2n) is 4.08. The number of pyridine rings is 1. The molecule has 106 valence electrons. The van der Waals surface area contributed by atoms with Gasteiger partial charge in [0, 0.05) is 23.4 Å². The van der Waals surface area contributed by atoms with Crippen molar-refractivity contribution in [2.45, 2.75) is 11.3 Å². The van der Waals surface area contributed by atoms with Crippen molar-refractivity contribution in [1.29, 1.82) is 0 Å². The van der Waals surface area contributed by atoms with Crippen LogP contribution in [-0.2, 0) is 16.4 Å². The molecule has 0 radical (unpaired) electrons. The Hall–Kier alpha value is -0.950. The number of sulfonamides is 1. The Morgan fingerprint density at radius 3 is 2.55 bits per heavy atom. The predicted octanol–water partition coefficient (Wildman–Crippen LogP) is 3.02. The average Bonchev–Trinajstić information content (AvgIpc) is 2.39. The fourth-order valence-electron chi connectivity index (χ4n) is 1.65. The van der Waals surface area contributed by atoms with Crippen LogP contribution in [0.5, 0.6) is 0 Å². The van der Waals surface area contributed by atoms with E-state index in [0.717, 1.165) is 10.0 Å². The summed E-state index contributed by atoms with van der Waals surface area (Å²) in [5.74, 6) is 0. The number of halogens is 2. The number of nitrogens with one attached hydrogen (secondary N) is 1. The zero-order valence-corrected chi connectivity index (χ0v) is 13.5. The highest BCUT2D eigenvalue weighted by Gasteiger charge is 2.17. The minimum absolute atomic E-state index is 0.0806. The lowest BCUT2D eigenvalue weighted by atomic mass is 10.2. The SMILES string of the molecule is O=S(=O)(NCCc1ccncc1)c1ccc(Br)cc1Cl. The van der Waals surface area contributed by atoms with Gasteiger partial charge in [0.15, 0.2) is 0 Å². The van der Waals surface area contributed by atoms with Gasteiger partial charge in [-0.3, -0.25) is 4.98 Å². The second kappa shape index (κ2) is 6.67. The minimum atomic E-state index is -3.60. The zero-order valence-electron chi connectivity index (χ0n) is 10.4. The van der Waals surface area contributed by atoms with Gasteiger partial charge < -0.3 is 0 Å². The van der Waals surface area contributed by atoms with Crippen molar-refractivity contribution in [3.05, 3.63) is 57.8 Å². The van der Waals surface area contributed by atoms with E-state index in [4.69, 9.17) is 11.6 Å². The van der Waals surface area contributed by atoms with Crippen LogP contribution in [-0.4, -0.2) is 19.9 Å². The van der Waals surface area contributed by atoms with Gasteiger partial charge in [-0.2, -0.15) is 0 Å². The van der Waals surface area contributed by atoms with Crippen LogP contribution in [0.15, 0.2) is 52.1 Å². The van der Waals surface area contributed by atoms with E-state index in [-0.39, 0.29) is 9.92 Å². The van der Waals surface area contributed by atoms with E-state index in [1.54, 1.807) is 24.5 Å². The molecule has 0 saturated heterocycles. The van der Waals surface area contributed by atoms with Gasteiger partial charge in [-0.1, -0.05) is 27.5 Å². The summed E-state index contributed by atoms with van der Waals surface area (Å²) in [6.07, 6.45) is 3.95. The van der Waals surface area contributed by atoms with Crippen molar-refractivity contribution in [1.82, 2.24) is 9.71 Å². The predicted molar refractivity (Wildman–Crippen MR) is 82.3 cm³/mol. The van der Waals surface area contributed by atoms with Crippen molar-refractivity contribution in [2.24, 2.45) is 0 Å². The first-order chi connectivity index (χ1) is 9.49. The molecule has 2 rings (SSSR count). The van der Waals surface area contributed by atoms with E-state index < -0.39 is 10.0 Å². The van der Waals surface area contributed by atoms with Crippen molar-refractivity contribution in [3.63, 3.8) is 0 Å². The van der Waals surface area contributed by atoms with Crippen LogP contribution in [0, 0.1) is 0 Å². The molecule has 2 aromatic rings. The molecule has 0 atom stereocenters. The van der Waals surface area contributed by atoms with Crippen LogP contribution < -0.4 is 4.72 Å². The molecule has 1 N–H and O–H groups in total. The molecule has 0 fully saturated rings. The maximum atomic E-state index is 12.1. The molecule has 0 aliphatic carbocycles.